The van der Waals surface area contributed by atoms with Crippen molar-refractivity contribution in [3.8, 4) is 6.07 Å². The predicted octanol–water partition coefficient (Wildman–Crippen LogP) is 7.68. The first-order valence-electron chi connectivity index (χ1n) is 14.5. The molecule has 0 saturated heterocycles. The number of anilines is 1. The predicted molar refractivity (Wildman–Crippen MR) is 151 cm³/mol. The lowest BCUT2D eigenvalue weighted by Gasteiger charge is -2.34. The zero-order valence-electron chi connectivity index (χ0n) is 22.0. The second-order valence-corrected chi connectivity index (χ2v) is 12.0. The van der Waals surface area contributed by atoms with Gasteiger partial charge in [0, 0.05) is 11.5 Å². The number of rotatable bonds is 6. The molecule has 0 bridgehead atoms. The Morgan fingerprint density at radius 3 is 2.58 bits per heavy atom. The highest BCUT2D eigenvalue weighted by Gasteiger charge is 2.45. The van der Waals surface area contributed by atoms with E-state index in [-0.39, 0.29) is 5.97 Å². The lowest BCUT2D eigenvalue weighted by atomic mass is 9.75. The van der Waals surface area contributed by atoms with Gasteiger partial charge in [-0.25, -0.2) is 4.79 Å². The molecule has 1 heterocycles. The minimum absolute atomic E-state index is 0.211. The van der Waals surface area contributed by atoms with Gasteiger partial charge in [0.2, 0.25) is 0 Å². The van der Waals surface area contributed by atoms with Crippen molar-refractivity contribution in [1.29, 1.82) is 5.26 Å². The van der Waals surface area contributed by atoms with Crippen LogP contribution in [0.25, 0.3) is 0 Å². The molecule has 0 radical (unpaired) electrons. The second kappa shape index (κ2) is 11.1. The Morgan fingerprint density at radius 1 is 1.03 bits per heavy atom. The van der Waals surface area contributed by atoms with Crippen molar-refractivity contribution in [1.82, 2.24) is 0 Å². The summed E-state index contributed by atoms with van der Waals surface area (Å²) in [5.74, 6) is 1.44. The van der Waals surface area contributed by atoms with E-state index in [4.69, 9.17) is 21.4 Å². The van der Waals surface area contributed by atoms with Gasteiger partial charge in [0.15, 0.2) is 0 Å². The number of esters is 1. The summed E-state index contributed by atoms with van der Waals surface area (Å²) in [4.78, 5) is 12.9. The molecule has 2 fully saturated rings. The minimum Gasteiger partial charge on any atom is -0.462 e. The Kier molecular flexibility index (Phi) is 7.43. The molecule has 0 spiro atoms. The summed E-state index contributed by atoms with van der Waals surface area (Å²) in [6, 6.07) is 14.1. The van der Waals surface area contributed by atoms with E-state index < -0.39 is 0 Å². The molecule has 0 N–H and O–H groups in total. The zero-order chi connectivity index (χ0) is 26.1. The number of ether oxygens (including phenoxy) is 1. The van der Waals surface area contributed by atoms with Crippen molar-refractivity contribution >= 4 is 29.0 Å². The first-order chi connectivity index (χ1) is 18.6. The first-order valence-corrected chi connectivity index (χ1v) is 14.9. The van der Waals surface area contributed by atoms with Gasteiger partial charge in [0.25, 0.3) is 0 Å². The van der Waals surface area contributed by atoms with Gasteiger partial charge in [0.05, 0.1) is 40.2 Å². The van der Waals surface area contributed by atoms with E-state index in [9.17, 15) is 10.1 Å². The van der Waals surface area contributed by atoms with Gasteiger partial charge in [-0.3, -0.25) is 5.01 Å². The Balaban J connectivity index is 1.23. The van der Waals surface area contributed by atoms with Crippen LogP contribution in [0.1, 0.15) is 97.7 Å². The van der Waals surface area contributed by atoms with Crippen LogP contribution in [0.3, 0.4) is 0 Å². The maximum atomic E-state index is 12.9. The number of hydrogen-bond donors (Lipinski definition) is 0. The third-order valence-electron chi connectivity index (χ3n) is 9.31. The highest BCUT2D eigenvalue weighted by Crippen LogP contribution is 2.45. The maximum Gasteiger partial charge on any atom is 0.338 e. The molecule has 5 nitrogen and oxygen atoms in total. The number of nitriles is 1. The first kappa shape index (κ1) is 25.4. The number of hydrogen-bond acceptors (Lipinski definition) is 5. The topological polar surface area (TPSA) is 65.7 Å². The van der Waals surface area contributed by atoms with E-state index in [0.717, 1.165) is 36.2 Å². The van der Waals surface area contributed by atoms with Gasteiger partial charge in [-0.1, -0.05) is 62.6 Å². The van der Waals surface area contributed by atoms with Gasteiger partial charge in [-0.05, 0) is 79.8 Å². The van der Waals surface area contributed by atoms with E-state index >= 15 is 0 Å². The number of carbonyl (C=O) groups is 1. The summed E-state index contributed by atoms with van der Waals surface area (Å²) in [5.41, 5.74) is 5.55. The van der Waals surface area contributed by atoms with Crippen LogP contribution in [0.4, 0.5) is 5.69 Å². The largest absolute Gasteiger partial charge is 0.462 e. The molecule has 2 saturated carbocycles. The average molecular weight is 530 g/mol. The highest BCUT2D eigenvalue weighted by molar-refractivity contribution is 6.32. The molecule has 2 aromatic carbocycles. The molecule has 1 aliphatic heterocycles. The van der Waals surface area contributed by atoms with Crippen molar-refractivity contribution < 1.29 is 9.53 Å². The fourth-order valence-corrected chi connectivity index (χ4v) is 7.53. The molecule has 4 aliphatic rings. The van der Waals surface area contributed by atoms with Gasteiger partial charge < -0.3 is 4.74 Å². The molecule has 0 unspecified atom stereocenters. The lowest BCUT2D eigenvalue weighted by molar-refractivity contribution is 0.0474. The van der Waals surface area contributed by atoms with Gasteiger partial charge in [-0.2, -0.15) is 10.4 Å². The smallest absolute Gasteiger partial charge is 0.338 e. The van der Waals surface area contributed by atoms with Crippen LogP contribution in [-0.2, 0) is 11.2 Å². The number of benzene rings is 2. The number of halogens is 1. The zero-order valence-corrected chi connectivity index (χ0v) is 22.8. The van der Waals surface area contributed by atoms with Crippen molar-refractivity contribution in [2.45, 2.75) is 83.1 Å². The quantitative estimate of drug-likeness (QED) is 0.360. The van der Waals surface area contributed by atoms with Crippen LogP contribution in [0.5, 0.6) is 0 Å². The molecule has 0 aromatic heterocycles. The number of fused-ring (bicyclic) bond motifs is 3. The number of hydrazone groups is 1. The van der Waals surface area contributed by atoms with Crippen LogP contribution in [0, 0.1) is 29.1 Å². The SMILES string of the molecule is N#Cc1ccc(N2N=C3c4ccc(C(=O)OCCC5CCCCC5)cc4CC[C@@H]3[C@@H]2C2CCCC2)cc1Cl. The van der Waals surface area contributed by atoms with E-state index in [1.54, 1.807) is 6.07 Å². The Bertz CT molecular complexity index is 1270. The lowest BCUT2D eigenvalue weighted by Crippen LogP contribution is -2.40. The van der Waals surface area contributed by atoms with E-state index in [2.05, 4.69) is 17.1 Å². The minimum atomic E-state index is -0.211. The number of carbonyl (C=O) groups excluding carboxylic acids is 1. The van der Waals surface area contributed by atoms with Crippen molar-refractivity contribution in [2.24, 2.45) is 22.9 Å². The standard InChI is InChI=1S/C32H36ClN3O2/c33-29-19-26(13-10-25(29)20-34)36-31(22-8-4-5-9-22)28-15-11-23-18-24(12-14-27(23)30(28)35-36)32(37)38-17-16-21-6-2-1-3-7-21/h10,12-14,18-19,21-22,28,31H,1-9,11,15-17H2/t28-,31-/m0/s1. The van der Waals surface area contributed by atoms with Crippen molar-refractivity contribution in [3.63, 3.8) is 0 Å². The molecular formula is C32H36ClN3O2. The Labute approximate surface area is 230 Å². The summed E-state index contributed by atoms with van der Waals surface area (Å²) in [6.07, 6.45) is 14.4. The fourth-order valence-electron chi connectivity index (χ4n) is 7.31. The van der Waals surface area contributed by atoms with Crippen molar-refractivity contribution in [2.75, 3.05) is 11.6 Å². The fraction of sp³-hybridized carbons (Fsp3) is 0.531. The normalized spacial score (nSPS) is 23.5. The monoisotopic (exact) mass is 529 g/mol. The van der Waals surface area contributed by atoms with Crippen LogP contribution < -0.4 is 5.01 Å². The van der Waals surface area contributed by atoms with E-state index in [1.165, 1.54) is 63.4 Å². The molecule has 2 atom stereocenters. The molecule has 198 valence electrons. The van der Waals surface area contributed by atoms with Crippen LogP contribution in [0.15, 0.2) is 41.5 Å². The molecule has 6 heteroatoms. The summed E-state index contributed by atoms with van der Waals surface area (Å²) < 4.78 is 5.69. The van der Waals surface area contributed by atoms with Gasteiger partial charge in [-0.15, -0.1) is 0 Å². The van der Waals surface area contributed by atoms with Gasteiger partial charge in [0.1, 0.15) is 6.07 Å². The molecule has 38 heavy (non-hydrogen) atoms. The van der Waals surface area contributed by atoms with E-state index in [1.807, 2.05) is 24.3 Å². The molecule has 0 amide bonds. The molecular weight excluding hydrogens is 494 g/mol. The maximum absolute atomic E-state index is 12.9. The summed E-state index contributed by atoms with van der Waals surface area (Å²) in [5, 5.41) is 17.2. The molecule has 3 aliphatic carbocycles. The van der Waals surface area contributed by atoms with Crippen LogP contribution >= 0.6 is 11.6 Å². The van der Waals surface area contributed by atoms with Gasteiger partial charge >= 0.3 is 5.97 Å². The highest BCUT2D eigenvalue weighted by atomic mass is 35.5. The summed E-state index contributed by atoms with van der Waals surface area (Å²) in [6.45, 7) is 0.514. The van der Waals surface area contributed by atoms with Crippen LogP contribution in [-0.4, -0.2) is 24.3 Å². The summed E-state index contributed by atoms with van der Waals surface area (Å²) in [7, 11) is 0. The molecule has 6 rings (SSSR count). The number of nitrogens with zero attached hydrogens (tertiary/aromatic N) is 3. The van der Waals surface area contributed by atoms with E-state index in [0.29, 0.717) is 46.6 Å². The average Bonchev–Trinajstić information content (AvgIpc) is 3.61. The van der Waals surface area contributed by atoms with Crippen LogP contribution in [0.2, 0.25) is 5.02 Å². The molecule has 2 aromatic rings. The third kappa shape index (κ3) is 4.96. The van der Waals surface area contributed by atoms with Crippen molar-refractivity contribution in [3.05, 3.63) is 63.7 Å². The summed E-state index contributed by atoms with van der Waals surface area (Å²) >= 11 is 6.44. The third-order valence-corrected chi connectivity index (χ3v) is 9.62. The Hall–Kier alpha value is -2.84. The number of aryl methyl sites for hydroxylation is 1. The second-order valence-electron chi connectivity index (χ2n) is 11.6. The Morgan fingerprint density at radius 2 is 1.82 bits per heavy atom.